The molecule has 3 heterocycles. The lowest BCUT2D eigenvalue weighted by Gasteiger charge is -2.11. The number of anilines is 1. The number of nitrogens with one attached hydrogen (secondary N) is 1. The number of aryl methyl sites for hydroxylation is 1. The molecule has 0 spiro atoms. The molecule has 0 unspecified atom stereocenters. The van der Waals surface area contributed by atoms with E-state index in [9.17, 15) is 0 Å². The van der Waals surface area contributed by atoms with Crippen molar-refractivity contribution < 1.29 is 0 Å². The van der Waals surface area contributed by atoms with Gasteiger partial charge >= 0.3 is 0 Å². The molecular formula is C15H18N4S. The molecule has 0 amide bonds. The van der Waals surface area contributed by atoms with Gasteiger partial charge in [0.1, 0.15) is 11.5 Å². The van der Waals surface area contributed by atoms with Crippen LogP contribution in [0.4, 0.5) is 5.82 Å². The van der Waals surface area contributed by atoms with E-state index >= 15 is 0 Å². The van der Waals surface area contributed by atoms with Gasteiger partial charge in [0.15, 0.2) is 5.82 Å². The molecule has 20 heavy (non-hydrogen) atoms. The van der Waals surface area contributed by atoms with Crippen molar-refractivity contribution in [2.24, 2.45) is 0 Å². The standard InChI is InChI=1S/C15H18N4S/c1-3-6-17-14-11-8-20-9-12(11)18-15(19-14)13-10(2)5-4-7-16-13/h4-5,7H,3,6,8-9H2,1-2H3,(H,17,18,19). The predicted molar refractivity (Wildman–Crippen MR) is 83.8 cm³/mol. The SMILES string of the molecule is CCCNc1nc(-c2ncccc2C)nc2c1CSC2. The fourth-order valence-corrected chi connectivity index (χ4v) is 3.31. The van der Waals surface area contributed by atoms with Crippen LogP contribution in [0.2, 0.25) is 0 Å². The highest BCUT2D eigenvalue weighted by atomic mass is 32.2. The second-order valence-corrected chi connectivity index (χ2v) is 5.90. The smallest absolute Gasteiger partial charge is 0.180 e. The summed E-state index contributed by atoms with van der Waals surface area (Å²) >= 11 is 1.90. The third-order valence-corrected chi connectivity index (χ3v) is 4.31. The maximum atomic E-state index is 4.72. The van der Waals surface area contributed by atoms with Gasteiger partial charge in [-0.2, -0.15) is 11.8 Å². The van der Waals surface area contributed by atoms with Gasteiger partial charge in [-0.15, -0.1) is 0 Å². The molecule has 0 aliphatic carbocycles. The van der Waals surface area contributed by atoms with Crippen LogP contribution < -0.4 is 5.32 Å². The van der Waals surface area contributed by atoms with E-state index in [4.69, 9.17) is 9.97 Å². The van der Waals surface area contributed by atoms with Gasteiger partial charge in [-0.1, -0.05) is 13.0 Å². The number of fused-ring (bicyclic) bond motifs is 1. The van der Waals surface area contributed by atoms with E-state index in [1.54, 1.807) is 6.20 Å². The van der Waals surface area contributed by atoms with Crippen LogP contribution in [0.1, 0.15) is 30.2 Å². The first-order chi connectivity index (χ1) is 9.79. The van der Waals surface area contributed by atoms with Gasteiger partial charge < -0.3 is 5.32 Å². The van der Waals surface area contributed by atoms with Crippen LogP contribution in [0.5, 0.6) is 0 Å². The summed E-state index contributed by atoms with van der Waals surface area (Å²) in [7, 11) is 0. The highest BCUT2D eigenvalue weighted by molar-refractivity contribution is 7.98. The summed E-state index contributed by atoms with van der Waals surface area (Å²) < 4.78 is 0. The molecule has 0 saturated heterocycles. The molecule has 0 aromatic carbocycles. The van der Waals surface area contributed by atoms with Gasteiger partial charge in [0.2, 0.25) is 0 Å². The average Bonchev–Trinajstić information content (AvgIpc) is 2.93. The van der Waals surface area contributed by atoms with Gasteiger partial charge in [-0.3, -0.25) is 4.98 Å². The number of aromatic nitrogens is 3. The van der Waals surface area contributed by atoms with Crippen LogP contribution in [0.25, 0.3) is 11.5 Å². The number of rotatable bonds is 4. The molecule has 1 N–H and O–H groups in total. The van der Waals surface area contributed by atoms with Gasteiger partial charge in [-0.05, 0) is 25.0 Å². The largest absolute Gasteiger partial charge is 0.370 e. The molecule has 2 aromatic heterocycles. The van der Waals surface area contributed by atoms with Crippen molar-refractivity contribution >= 4 is 17.6 Å². The summed E-state index contributed by atoms with van der Waals surface area (Å²) in [5.74, 6) is 3.70. The quantitative estimate of drug-likeness (QED) is 0.933. The summed E-state index contributed by atoms with van der Waals surface area (Å²) in [6.07, 6.45) is 2.89. The molecule has 3 rings (SSSR count). The first kappa shape index (κ1) is 13.4. The number of thioether (sulfide) groups is 1. The summed E-state index contributed by atoms with van der Waals surface area (Å²) in [6.45, 7) is 5.15. The zero-order valence-electron chi connectivity index (χ0n) is 11.8. The Morgan fingerprint density at radius 2 is 2.20 bits per heavy atom. The molecule has 5 heteroatoms. The Labute approximate surface area is 123 Å². The lowest BCUT2D eigenvalue weighted by Crippen LogP contribution is -2.08. The first-order valence-electron chi connectivity index (χ1n) is 6.93. The van der Waals surface area contributed by atoms with E-state index in [1.807, 2.05) is 30.8 Å². The molecule has 2 aromatic rings. The van der Waals surface area contributed by atoms with Crippen LogP contribution >= 0.6 is 11.8 Å². The fourth-order valence-electron chi connectivity index (χ4n) is 2.27. The maximum absolute atomic E-state index is 4.72. The van der Waals surface area contributed by atoms with Crippen LogP contribution in [0.15, 0.2) is 18.3 Å². The number of nitrogens with zero attached hydrogens (tertiary/aromatic N) is 3. The minimum atomic E-state index is 0.739. The first-order valence-corrected chi connectivity index (χ1v) is 8.08. The molecule has 0 saturated carbocycles. The zero-order valence-corrected chi connectivity index (χ0v) is 12.6. The number of hydrogen-bond donors (Lipinski definition) is 1. The van der Waals surface area contributed by atoms with Crippen molar-refractivity contribution in [2.75, 3.05) is 11.9 Å². The van der Waals surface area contributed by atoms with E-state index in [0.717, 1.165) is 53.1 Å². The second kappa shape index (κ2) is 5.79. The molecule has 1 aliphatic rings. The Balaban J connectivity index is 2.06. The normalized spacial score (nSPS) is 13.3. The zero-order chi connectivity index (χ0) is 13.9. The van der Waals surface area contributed by atoms with Gasteiger partial charge in [0, 0.05) is 29.8 Å². The fraction of sp³-hybridized carbons (Fsp3) is 0.400. The van der Waals surface area contributed by atoms with Crippen molar-refractivity contribution in [3.8, 4) is 11.5 Å². The summed E-state index contributed by atoms with van der Waals surface area (Å²) in [5.41, 5.74) is 4.41. The van der Waals surface area contributed by atoms with E-state index in [0.29, 0.717) is 0 Å². The van der Waals surface area contributed by atoms with Crippen molar-refractivity contribution in [1.29, 1.82) is 0 Å². The summed E-state index contributed by atoms with van der Waals surface area (Å²) in [4.78, 5) is 13.9. The molecule has 0 atom stereocenters. The van der Waals surface area contributed by atoms with E-state index < -0.39 is 0 Å². The Morgan fingerprint density at radius 3 is 3.00 bits per heavy atom. The third kappa shape index (κ3) is 2.50. The molecule has 1 aliphatic heterocycles. The van der Waals surface area contributed by atoms with E-state index in [-0.39, 0.29) is 0 Å². The third-order valence-electron chi connectivity index (χ3n) is 3.34. The van der Waals surface area contributed by atoms with Gasteiger partial charge in [-0.25, -0.2) is 9.97 Å². The Hall–Kier alpha value is -1.62. The van der Waals surface area contributed by atoms with Crippen LogP contribution in [-0.2, 0) is 11.5 Å². The predicted octanol–water partition coefficient (Wildman–Crippen LogP) is 3.42. The minimum Gasteiger partial charge on any atom is -0.370 e. The number of hydrogen-bond acceptors (Lipinski definition) is 5. The van der Waals surface area contributed by atoms with Crippen molar-refractivity contribution in [3.63, 3.8) is 0 Å². The summed E-state index contributed by atoms with van der Waals surface area (Å²) in [6, 6.07) is 3.99. The van der Waals surface area contributed by atoms with Crippen molar-refractivity contribution in [1.82, 2.24) is 15.0 Å². The van der Waals surface area contributed by atoms with E-state index in [2.05, 4.69) is 17.2 Å². The van der Waals surface area contributed by atoms with Crippen LogP contribution in [0, 0.1) is 6.92 Å². The van der Waals surface area contributed by atoms with Crippen molar-refractivity contribution in [2.45, 2.75) is 31.8 Å². The van der Waals surface area contributed by atoms with E-state index in [1.165, 1.54) is 5.56 Å². The second-order valence-electron chi connectivity index (χ2n) is 4.91. The number of pyridine rings is 1. The molecule has 0 fully saturated rings. The molecule has 0 bridgehead atoms. The highest BCUT2D eigenvalue weighted by Crippen LogP contribution is 2.34. The minimum absolute atomic E-state index is 0.739. The van der Waals surface area contributed by atoms with Crippen LogP contribution in [0.3, 0.4) is 0 Å². The Morgan fingerprint density at radius 1 is 1.30 bits per heavy atom. The van der Waals surface area contributed by atoms with Gasteiger partial charge in [0.25, 0.3) is 0 Å². The van der Waals surface area contributed by atoms with Gasteiger partial charge in [0.05, 0.1) is 5.69 Å². The lowest BCUT2D eigenvalue weighted by atomic mass is 10.2. The maximum Gasteiger partial charge on any atom is 0.180 e. The topological polar surface area (TPSA) is 50.7 Å². The average molecular weight is 286 g/mol. The van der Waals surface area contributed by atoms with Crippen LogP contribution in [-0.4, -0.2) is 21.5 Å². The monoisotopic (exact) mass is 286 g/mol. The highest BCUT2D eigenvalue weighted by Gasteiger charge is 2.21. The molecular weight excluding hydrogens is 268 g/mol. The Kier molecular flexibility index (Phi) is 3.87. The lowest BCUT2D eigenvalue weighted by molar-refractivity contribution is 0.953. The van der Waals surface area contributed by atoms with Crippen molar-refractivity contribution in [3.05, 3.63) is 35.2 Å². The molecule has 4 nitrogen and oxygen atoms in total. The molecule has 0 radical (unpaired) electrons. The Bertz CT molecular complexity index is 627. The summed E-state index contributed by atoms with van der Waals surface area (Å²) in [5, 5.41) is 3.43. The molecule has 104 valence electrons.